The Morgan fingerprint density at radius 2 is 1.86 bits per heavy atom. The van der Waals surface area contributed by atoms with E-state index in [0.29, 0.717) is 11.4 Å². The van der Waals surface area contributed by atoms with Crippen LogP contribution in [0.15, 0.2) is 41.3 Å². The van der Waals surface area contributed by atoms with Gasteiger partial charge in [0.25, 0.3) is 15.9 Å². The van der Waals surface area contributed by atoms with Crippen molar-refractivity contribution in [3.8, 4) is 0 Å². The monoisotopic (exact) mass is 435 g/mol. The average Bonchev–Trinajstić information content (AvgIpc) is 2.95. The molecule has 0 saturated carbocycles. The number of hydrogen-bond acceptors (Lipinski definition) is 4. The topological polar surface area (TPSA) is 86.8 Å². The van der Waals surface area contributed by atoms with Crippen LogP contribution in [0.5, 0.6) is 0 Å². The molecule has 0 saturated heterocycles. The molecule has 3 rings (SSSR count). The molecule has 0 aromatic heterocycles. The van der Waals surface area contributed by atoms with Crippen molar-refractivity contribution < 1.29 is 18.0 Å². The lowest BCUT2D eigenvalue weighted by atomic mass is 10.1. The van der Waals surface area contributed by atoms with Gasteiger partial charge in [-0.05, 0) is 55.3 Å². The van der Waals surface area contributed by atoms with Gasteiger partial charge in [0.15, 0.2) is 0 Å². The maximum absolute atomic E-state index is 13.0. The zero-order valence-corrected chi connectivity index (χ0v) is 18.1. The minimum absolute atomic E-state index is 0.0364. The van der Waals surface area contributed by atoms with E-state index in [0.717, 1.165) is 11.3 Å². The minimum Gasteiger partial charge on any atom is -0.345 e. The number of amides is 2. The van der Waals surface area contributed by atoms with Crippen LogP contribution in [0.4, 0.5) is 11.4 Å². The van der Waals surface area contributed by atoms with Crippen LogP contribution in [0, 0.1) is 0 Å². The molecule has 7 nitrogen and oxygen atoms in total. The first-order valence-corrected chi connectivity index (χ1v) is 10.8. The summed E-state index contributed by atoms with van der Waals surface area (Å²) in [6.45, 7) is 3.40. The third kappa shape index (κ3) is 4.09. The van der Waals surface area contributed by atoms with E-state index in [2.05, 4.69) is 4.72 Å². The number of carbonyl (C=O) groups excluding carboxylic acids is 2. The minimum atomic E-state index is -3.97. The second kappa shape index (κ2) is 7.68. The smallest absolute Gasteiger partial charge is 0.261 e. The highest BCUT2D eigenvalue weighted by Crippen LogP contribution is 2.34. The van der Waals surface area contributed by atoms with Gasteiger partial charge in [0.2, 0.25) is 5.91 Å². The van der Waals surface area contributed by atoms with E-state index < -0.39 is 10.0 Å². The predicted octanol–water partition coefficient (Wildman–Crippen LogP) is 3.14. The lowest BCUT2D eigenvalue weighted by molar-refractivity contribution is -0.116. The van der Waals surface area contributed by atoms with Gasteiger partial charge in [-0.1, -0.05) is 11.6 Å². The average molecular weight is 436 g/mol. The fourth-order valence-electron chi connectivity index (χ4n) is 3.49. The van der Waals surface area contributed by atoms with Gasteiger partial charge < -0.3 is 9.80 Å². The Hall–Kier alpha value is -2.58. The molecule has 154 valence electrons. The van der Waals surface area contributed by atoms with Crippen molar-refractivity contribution >= 4 is 44.8 Å². The van der Waals surface area contributed by atoms with Gasteiger partial charge in [0.05, 0.1) is 16.1 Å². The molecule has 1 unspecified atom stereocenters. The molecule has 1 atom stereocenters. The van der Waals surface area contributed by atoms with E-state index in [-0.39, 0.29) is 34.0 Å². The van der Waals surface area contributed by atoms with Crippen LogP contribution >= 0.6 is 11.6 Å². The van der Waals surface area contributed by atoms with E-state index in [1.807, 2.05) is 6.92 Å². The summed E-state index contributed by atoms with van der Waals surface area (Å²) in [7, 11) is -0.809. The molecule has 2 aromatic rings. The first kappa shape index (κ1) is 21.1. The zero-order chi connectivity index (χ0) is 21.5. The molecule has 2 amide bonds. The SMILES string of the molecule is CC(=O)N1c2ccc(S(=O)(=O)Nc3cc(Cl)ccc3C(=O)N(C)C)cc2CC1C. The number of benzene rings is 2. The Kier molecular flexibility index (Phi) is 5.60. The third-order valence-corrected chi connectivity index (χ3v) is 6.38. The molecule has 0 fully saturated rings. The zero-order valence-electron chi connectivity index (χ0n) is 16.6. The van der Waals surface area contributed by atoms with Gasteiger partial charge in [-0.3, -0.25) is 14.3 Å². The van der Waals surface area contributed by atoms with Crippen LogP contribution in [-0.4, -0.2) is 45.3 Å². The van der Waals surface area contributed by atoms with Crippen LogP contribution in [0.25, 0.3) is 0 Å². The molecule has 1 heterocycles. The molecular formula is C20H22ClN3O4S. The van der Waals surface area contributed by atoms with Gasteiger partial charge in [-0.15, -0.1) is 0 Å². The summed E-state index contributed by atoms with van der Waals surface area (Å²) in [6.07, 6.45) is 0.569. The van der Waals surface area contributed by atoms with Crippen molar-refractivity contribution in [2.24, 2.45) is 0 Å². The number of rotatable bonds is 4. The number of anilines is 2. The Morgan fingerprint density at radius 1 is 1.17 bits per heavy atom. The Bertz CT molecular complexity index is 1100. The van der Waals surface area contributed by atoms with Crippen molar-refractivity contribution in [2.45, 2.75) is 31.2 Å². The summed E-state index contributed by atoms with van der Waals surface area (Å²) >= 11 is 6.02. The van der Waals surface area contributed by atoms with Crippen LogP contribution in [0.2, 0.25) is 5.02 Å². The van der Waals surface area contributed by atoms with Gasteiger partial charge in [0.1, 0.15) is 0 Å². The van der Waals surface area contributed by atoms with Crippen LogP contribution in [0.1, 0.15) is 29.8 Å². The molecule has 0 radical (unpaired) electrons. The molecule has 0 aliphatic carbocycles. The number of sulfonamides is 1. The van der Waals surface area contributed by atoms with Crippen molar-refractivity contribution in [1.82, 2.24) is 4.90 Å². The highest BCUT2D eigenvalue weighted by molar-refractivity contribution is 7.92. The molecular weight excluding hydrogens is 414 g/mol. The largest absolute Gasteiger partial charge is 0.345 e. The summed E-state index contributed by atoms with van der Waals surface area (Å²) in [5.74, 6) is -0.435. The van der Waals surface area contributed by atoms with Crippen LogP contribution in [0.3, 0.4) is 0 Å². The molecule has 2 aromatic carbocycles. The van der Waals surface area contributed by atoms with Crippen molar-refractivity contribution in [3.63, 3.8) is 0 Å². The molecule has 1 N–H and O–H groups in total. The highest BCUT2D eigenvalue weighted by atomic mass is 35.5. The molecule has 9 heteroatoms. The quantitative estimate of drug-likeness (QED) is 0.799. The van der Waals surface area contributed by atoms with Crippen molar-refractivity contribution in [3.05, 3.63) is 52.5 Å². The van der Waals surface area contributed by atoms with Gasteiger partial charge in [0, 0.05) is 37.8 Å². The fourth-order valence-corrected chi connectivity index (χ4v) is 4.78. The number of fused-ring (bicyclic) bond motifs is 1. The van der Waals surface area contributed by atoms with Crippen LogP contribution in [-0.2, 0) is 21.2 Å². The second-order valence-corrected chi connectivity index (χ2v) is 9.35. The van der Waals surface area contributed by atoms with Crippen LogP contribution < -0.4 is 9.62 Å². The van der Waals surface area contributed by atoms with Gasteiger partial charge in [-0.25, -0.2) is 8.42 Å². The summed E-state index contributed by atoms with van der Waals surface area (Å²) in [6, 6.07) is 9.04. The molecule has 1 aliphatic rings. The van der Waals surface area contributed by atoms with Crippen molar-refractivity contribution in [2.75, 3.05) is 23.7 Å². The molecule has 0 bridgehead atoms. The standard InChI is InChI=1S/C20H22ClN3O4S/c1-12-9-14-10-16(6-8-19(14)24(12)13(2)25)29(27,28)22-18-11-15(21)5-7-17(18)20(26)23(3)4/h5-8,10-12,22H,9H2,1-4H3. The van der Waals surface area contributed by atoms with Gasteiger partial charge >= 0.3 is 0 Å². The maximum Gasteiger partial charge on any atom is 0.261 e. The summed E-state index contributed by atoms with van der Waals surface area (Å²) in [5, 5.41) is 0.304. The Labute approximate surface area is 175 Å². The predicted molar refractivity (Wildman–Crippen MR) is 113 cm³/mol. The maximum atomic E-state index is 13.0. The lowest BCUT2D eigenvalue weighted by Crippen LogP contribution is -2.33. The van der Waals surface area contributed by atoms with E-state index >= 15 is 0 Å². The normalized spacial score (nSPS) is 15.8. The van der Waals surface area contributed by atoms with E-state index in [4.69, 9.17) is 11.6 Å². The second-order valence-electron chi connectivity index (χ2n) is 7.23. The summed E-state index contributed by atoms with van der Waals surface area (Å²) in [4.78, 5) is 27.3. The molecule has 29 heavy (non-hydrogen) atoms. The van der Waals surface area contributed by atoms with E-state index in [1.165, 1.54) is 36.1 Å². The van der Waals surface area contributed by atoms with Gasteiger partial charge in [-0.2, -0.15) is 0 Å². The van der Waals surface area contributed by atoms with Crippen molar-refractivity contribution in [1.29, 1.82) is 0 Å². The lowest BCUT2D eigenvalue weighted by Gasteiger charge is -2.20. The number of nitrogens with one attached hydrogen (secondary N) is 1. The fraction of sp³-hybridized carbons (Fsp3) is 0.300. The summed E-state index contributed by atoms with van der Waals surface area (Å²) in [5.41, 5.74) is 1.80. The first-order valence-electron chi connectivity index (χ1n) is 8.98. The third-order valence-electron chi connectivity index (χ3n) is 4.78. The number of hydrogen-bond donors (Lipinski definition) is 1. The number of halogens is 1. The Morgan fingerprint density at radius 3 is 2.48 bits per heavy atom. The number of carbonyl (C=O) groups is 2. The molecule has 1 aliphatic heterocycles. The van der Waals surface area contributed by atoms with E-state index in [9.17, 15) is 18.0 Å². The number of nitrogens with zero attached hydrogens (tertiary/aromatic N) is 2. The molecule has 0 spiro atoms. The highest BCUT2D eigenvalue weighted by Gasteiger charge is 2.30. The Balaban J connectivity index is 1.98. The van der Waals surface area contributed by atoms with E-state index in [1.54, 1.807) is 31.1 Å². The summed E-state index contributed by atoms with van der Waals surface area (Å²) < 4.78 is 28.5. The first-order chi connectivity index (χ1) is 13.5.